The van der Waals surface area contributed by atoms with Crippen LogP contribution < -0.4 is 4.74 Å². The Balaban J connectivity index is 1.83. The first kappa shape index (κ1) is 15.2. The molecule has 0 saturated heterocycles. The fourth-order valence-corrected chi connectivity index (χ4v) is 2.35. The Bertz CT molecular complexity index is 850. The molecule has 0 fully saturated rings. The zero-order chi connectivity index (χ0) is 16.1. The number of aromatic nitrogens is 3. The van der Waals surface area contributed by atoms with Crippen molar-refractivity contribution in [3.63, 3.8) is 0 Å². The van der Waals surface area contributed by atoms with Crippen LogP contribution >= 0.6 is 12.2 Å². The van der Waals surface area contributed by atoms with Crippen molar-refractivity contribution < 1.29 is 4.74 Å². The quantitative estimate of drug-likeness (QED) is 0.578. The summed E-state index contributed by atoms with van der Waals surface area (Å²) in [5.74, 6) is 1.59. The maximum Gasteiger partial charge on any atom is 0.216 e. The number of methoxy groups -OCH3 is 1. The highest BCUT2D eigenvalue weighted by Crippen LogP contribution is 2.14. The minimum atomic E-state index is 0.473. The average molecular weight is 324 g/mol. The van der Waals surface area contributed by atoms with E-state index in [0.29, 0.717) is 11.2 Å². The Hall–Kier alpha value is -2.73. The van der Waals surface area contributed by atoms with E-state index in [-0.39, 0.29) is 0 Å². The largest absolute Gasteiger partial charge is 0.497 e. The van der Waals surface area contributed by atoms with E-state index >= 15 is 0 Å². The maximum absolute atomic E-state index is 5.26. The summed E-state index contributed by atoms with van der Waals surface area (Å²) in [6.07, 6.45) is 2.39. The topological polar surface area (TPSA) is 55.2 Å². The number of nitrogens with one attached hydrogen (secondary N) is 1. The first-order valence-electron chi connectivity index (χ1n) is 7.15. The Morgan fingerprint density at radius 3 is 2.61 bits per heavy atom. The Morgan fingerprint density at radius 1 is 1.17 bits per heavy atom. The van der Waals surface area contributed by atoms with Crippen LogP contribution in [0.5, 0.6) is 5.75 Å². The van der Waals surface area contributed by atoms with Gasteiger partial charge in [-0.2, -0.15) is 14.9 Å². The molecule has 3 rings (SSSR count). The number of hydrogen-bond acceptors (Lipinski definition) is 4. The number of rotatable bonds is 5. The van der Waals surface area contributed by atoms with Crippen molar-refractivity contribution in [2.75, 3.05) is 7.11 Å². The van der Waals surface area contributed by atoms with E-state index in [0.717, 1.165) is 22.7 Å². The second kappa shape index (κ2) is 7.02. The minimum absolute atomic E-state index is 0.473. The van der Waals surface area contributed by atoms with Crippen LogP contribution in [0.3, 0.4) is 0 Å². The molecular weight excluding hydrogens is 308 g/mol. The highest BCUT2D eigenvalue weighted by atomic mass is 32.1. The summed E-state index contributed by atoms with van der Waals surface area (Å²) in [5.41, 5.74) is 2.11. The molecule has 5 nitrogen and oxygen atoms in total. The minimum Gasteiger partial charge on any atom is -0.497 e. The summed E-state index contributed by atoms with van der Waals surface area (Å²) in [4.78, 5) is 0. The van der Waals surface area contributed by atoms with Gasteiger partial charge in [-0.15, -0.1) is 0 Å². The Labute approximate surface area is 139 Å². The van der Waals surface area contributed by atoms with Crippen LogP contribution in [0.1, 0.15) is 17.0 Å². The average Bonchev–Trinajstić information content (AvgIpc) is 2.94. The summed E-state index contributed by atoms with van der Waals surface area (Å²) in [6, 6.07) is 17.7. The molecule has 6 heteroatoms. The third kappa shape index (κ3) is 3.73. The molecule has 0 saturated carbocycles. The Kier molecular flexibility index (Phi) is 4.63. The zero-order valence-corrected chi connectivity index (χ0v) is 13.5. The van der Waals surface area contributed by atoms with E-state index in [9.17, 15) is 0 Å². The molecule has 3 aromatic rings. The van der Waals surface area contributed by atoms with Gasteiger partial charge in [-0.1, -0.05) is 42.5 Å². The van der Waals surface area contributed by atoms with Gasteiger partial charge >= 0.3 is 0 Å². The summed E-state index contributed by atoms with van der Waals surface area (Å²) in [7, 11) is 1.65. The van der Waals surface area contributed by atoms with Crippen molar-refractivity contribution in [1.82, 2.24) is 14.9 Å². The van der Waals surface area contributed by atoms with Crippen LogP contribution in [-0.2, 0) is 6.42 Å². The van der Waals surface area contributed by atoms with E-state index in [1.54, 1.807) is 18.0 Å². The molecule has 23 heavy (non-hydrogen) atoms. The van der Waals surface area contributed by atoms with Crippen LogP contribution in [0.2, 0.25) is 0 Å². The van der Waals surface area contributed by atoms with Gasteiger partial charge in [0.15, 0.2) is 5.82 Å². The van der Waals surface area contributed by atoms with Gasteiger partial charge in [0.2, 0.25) is 4.77 Å². The molecule has 0 aliphatic heterocycles. The summed E-state index contributed by atoms with van der Waals surface area (Å²) >= 11 is 5.26. The Morgan fingerprint density at radius 2 is 1.91 bits per heavy atom. The lowest BCUT2D eigenvalue weighted by Crippen LogP contribution is -2.00. The van der Waals surface area contributed by atoms with Gasteiger partial charge in [-0.05, 0) is 35.5 Å². The summed E-state index contributed by atoms with van der Waals surface area (Å²) < 4.78 is 7.29. The molecule has 116 valence electrons. The fourth-order valence-electron chi connectivity index (χ4n) is 2.15. The number of ether oxygens (including phenoxy) is 1. The van der Waals surface area contributed by atoms with E-state index in [2.05, 4.69) is 15.3 Å². The molecule has 0 spiro atoms. The molecule has 0 atom stereocenters. The number of H-pyrrole nitrogens is 1. The van der Waals surface area contributed by atoms with Gasteiger partial charge < -0.3 is 4.74 Å². The SMILES string of the molecule is COc1ccc(Cc2n[nH]c(=S)n2/N=C\c2ccccc2)cc1. The number of aromatic amines is 1. The van der Waals surface area contributed by atoms with Gasteiger partial charge in [0.05, 0.1) is 13.3 Å². The second-order valence-corrected chi connectivity index (χ2v) is 5.32. The predicted octanol–water partition coefficient (Wildman–Crippen LogP) is 3.42. The van der Waals surface area contributed by atoms with E-state index in [4.69, 9.17) is 17.0 Å². The van der Waals surface area contributed by atoms with Gasteiger partial charge in [-0.25, -0.2) is 0 Å². The number of hydrogen-bond donors (Lipinski definition) is 1. The van der Waals surface area contributed by atoms with E-state index in [1.807, 2.05) is 54.6 Å². The summed E-state index contributed by atoms with van der Waals surface area (Å²) in [6.45, 7) is 0. The molecule has 0 aliphatic carbocycles. The van der Waals surface area contributed by atoms with Crippen molar-refractivity contribution in [3.05, 3.63) is 76.3 Å². The molecule has 0 amide bonds. The number of nitrogens with zero attached hydrogens (tertiary/aromatic N) is 3. The third-order valence-corrected chi connectivity index (χ3v) is 3.62. The molecule has 1 heterocycles. The van der Waals surface area contributed by atoms with E-state index < -0.39 is 0 Å². The monoisotopic (exact) mass is 324 g/mol. The smallest absolute Gasteiger partial charge is 0.216 e. The lowest BCUT2D eigenvalue weighted by atomic mass is 10.1. The molecule has 1 N–H and O–H groups in total. The molecule has 2 aromatic carbocycles. The van der Waals surface area contributed by atoms with Crippen molar-refractivity contribution in [2.24, 2.45) is 5.10 Å². The molecule has 0 bridgehead atoms. The first-order valence-corrected chi connectivity index (χ1v) is 7.56. The lowest BCUT2D eigenvalue weighted by Gasteiger charge is -2.03. The van der Waals surface area contributed by atoms with Gasteiger partial charge in [0.1, 0.15) is 5.75 Å². The van der Waals surface area contributed by atoms with Gasteiger partial charge in [-0.3, -0.25) is 5.10 Å². The van der Waals surface area contributed by atoms with Gasteiger partial charge in [0, 0.05) is 6.42 Å². The van der Waals surface area contributed by atoms with Crippen LogP contribution in [0.4, 0.5) is 0 Å². The fraction of sp³-hybridized carbons (Fsp3) is 0.118. The molecule has 1 aromatic heterocycles. The maximum atomic E-state index is 5.26. The first-order chi connectivity index (χ1) is 11.3. The van der Waals surface area contributed by atoms with Crippen molar-refractivity contribution in [1.29, 1.82) is 0 Å². The van der Waals surface area contributed by atoms with Crippen LogP contribution in [0, 0.1) is 4.77 Å². The lowest BCUT2D eigenvalue weighted by molar-refractivity contribution is 0.414. The van der Waals surface area contributed by atoms with Crippen molar-refractivity contribution in [2.45, 2.75) is 6.42 Å². The highest BCUT2D eigenvalue weighted by molar-refractivity contribution is 7.71. The summed E-state index contributed by atoms with van der Waals surface area (Å²) in [5, 5.41) is 11.5. The molecule has 0 unspecified atom stereocenters. The standard InChI is InChI=1S/C17H16N4OS/c1-22-15-9-7-13(8-10-15)11-16-19-20-17(23)21(16)18-12-14-5-3-2-4-6-14/h2-10,12H,11H2,1H3,(H,20,23)/b18-12-. The van der Waals surface area contributed by atoms with Crippen molar-refractivity contribution in [3.8, 4) is 5.75 Å². The van der Waals surface area contributed by atoms with Gasteiger partial charge in [0.25, 0.3) is 0 Å². The number of benzene rings is 2. The molecular formula is C17H16N4OS. The van der Waals surface area contributed by atoms with E-state index in [1.165, 1.54) is 0 Å². The molecule has 0 aliphatic rings. The normalized spacial score (nSPS) is 11.0. The predicted molar refractivity (Wildman–Crippen MR) is 92.6 cm³/mol. The van der Waals surface area contributed by atoms with Crippen molar-refractivity contribution >= 4 is 18.4 Å². The molecule has 0 radical (unpaired) electrons. The second-order valence-electron chi connectivity index (χ2n) is 4.94. The third-order valence-electron chi connectivity index (χ3n) is 3.36. The zero-order valence-electron chi connectivity index (χ0n) is 12.6. The van der Waals surface area contributed by atoms with Crippen LogP contribution in [0.25, 0.3) is 0 Å². The van der Waals surface area contributed by atoms with Crippen LogP contribution in [0.15, 0.2) is 59.7 Å². The van der Waals surface area contributed by atoms with Crippen LogP contribution in [-0.4, -0.2) is 28.2 Å². The highest BCUT2D eigenvalue weighted by Gasteiger charge is 2.06.